The first-order chi connectivity index (χ1) is 14.8. The molecule has 0 aliphatic carbocycles. The maximum absolute atomic E-state index is 14.4. The molecule has 2 rings (SSSR count). The summed E-state index contributed by atoms with van der Waals surface area (Å²) >= 11 is 0. The number of halogens is 3. The molecule has 0 atom stereocenters. The molecule has 0 spiro atoms. The molecule has 10 heteroatoms. The zero-order chi connectivity index (χ0) is 23.0. The molecule has 7 nitrogen and oxygen atoms in total. The van der Waals surface area contributed by atoms with Gasteiger partial charge in [-0.3, -0.25) is 4.79 Å². The minimum Gasteiger partial charge on any atom is -0.393 e. The number of aryl methyl sites for hydroxylation is 1. The molecule has 1 heterocycles. The molecule has 4 N–H and O–H groups in total. The Morgan fingerprint density at radius 1 is 1.26 bits per heavy atom. The SMILES string of the molecule is CN/C=C(C=N)/C(C)=C/c1c(NC=O)nc(C)nc1NCc1cccc(C(F)F)c1F. The van der Waals surface area contributed by atoms with E-state index in [9.17, 15) is 18.0 Å². The molecule has 164 valence electrons. The number of benzene rings is 1. The van der Waals surface area contributed by atoms with Crippen LogP contribution in [0.3, 0.4) is 0 Å². The third kappa shape index (κ3) is 5.91. The summed E-state index contributed by atoms with van der Waals surface area (Å²) in [4.78, 5) is 19.6. The quantitative estimate of drug-likeness (QED) is 0.256. The summed E-state index contributed by atoms with van der Waals surface area (Å²) < 4.78 is 40.4. The van der Waals surface area contributed by atoms with Gasteiger partial charge < -0.3 is 21.4 Å². The van der Waals surface area contributed by atoms with Crippen molar-refractivity contribution in [2.24, 2.45) is 0 Å². The lowest BCUT2D eigenvalue weighted by atomic mass is 10.1. The number of alkyl halides is 2. The molecule has 0 bridgehead atoms. The number of nitrogens with zero attached hydrogens (tertiary/aromatic N) is 2. The predicted molar refractivity (Wildman–Crippen MR) is 115 cm³/mol. The molecule has 0 unspecified atom stereocenters. The zero-order valence-corrected chi connectivity index (χ0v) is 17.3. The van der Waals surface area contributed by atoms with E-state index in [2.05, 4.69) is 25.9 Å². The molecule has 0 aliphatic rings. The molecule has 31 heavy (non-hydrogen) atoms. The number of carbonyl (C=O) groups is 1. The third-order valence-corrected chi connectivity index (χ3v) is 4.31. The van der Waals surface area contributed by atoms with Crippen molar-refractivity contribution in [3.8, 4) is 0 Å². The highest BCUT2D eigenvalue weighted by Crippen LogP contribution is 2.28. The Bertz CT molecular complexity index is 1020. The van der Waals surface area contributed by atoms with Crippen LogP contribution in [-0.2, 0) is 11.3 Å². The van der Waals surface area contributed by atoms with Gasteiger partial charge >= 0.3 is 0 Å². The van der Waals surface area contributed by atoms with Gasteiger partial charge in [0.2, 0.25) is 6.41 Å². The maximum atomic E-state index is 14.4. The zero-order valence-electron chi connectivity index (χ0n) is 17.3. The van der Waals surface area contributed by atoms with Crippen molar-refractivity contribution in [1.29, 1.82) is 5.41 Å². The summed E-state index contributed by atoms with van der Waals surface area (Å²) in [7, 11) is 1.69. The van der Waals surface area contributed by atoms with Crippen LogP contribution in [0.15, 0.2) is 35.5 Å². The number of allylic oxidation sites excluding steroid dienone is 2. The van der Waals surface area contributed by atoms with Crippen molar-refractivity contribution in [3.05, 3.63) is 63.9 Å². The molecular weight excluding hydrogens is 409 g/mol. The molecule has 2 aromatic rings. The Morgan fingerprint density at radius 3 is 2.58 bits per heavy atom. The van der Waals surface area contributed by atoms with E-state index in [4.69, 9.17) is 5.41 Å². The highest BCUT2D eigenvalue weighted by molar-refractivity contribution is 5.88. The molecule has 0 fully saturated rings. The number of amides is 1. The average Bonchev–Trinajstić information content (AvgIpc) is 2.73. The summed E-state index contributed by atoms with van der Waals surface area (Å²) in [6, 6.07) is 3.79. The van der Waals surface area contributed by atoms with Crippen LogP contribution in [0.5, 0.6) is 0 Å². The van der Waals surface area contributed by atoms with Crippen LogP contribution in [0.25, 0.3) is 6.08 Å². The Morgan fingerprint density at radius 2 is 1.97 bits per heavy atom. The average molecular weight is 432 g/mol. The van der Waals surface area contributed by atoms with E-state index < -0.39 is 17.8 Å². The van der Waals surface area contributed by atoms with Gasteiger partial charge in [0.1, 0.15) is 23.3 Å². The summed E-state index contributed by atoms with van der Waals surface area (Å²) in [5.74, 6) is -0.174. The van der Waals surface area contributed by atoms with Gasteiger partial charge in [0.05, 0.1) is 11.1 Å². The molecule has 0 aliphatic heterocycles. The van der Waals surface area contributed by atoms with Crippen LogP contribution < -0.4 is 16.0 Å². The van der Waals surface area contributed by atoms with Crippen LogP contribution in [0, 0.1) is 18.2 Å². The van der Waals surface area contributed by atoms with E-state index in [1.165, 1.54) is 12.1 Å². The molecule has 0 saturated carbocycles. The molecule has 1 aromatic heterocycles. The van der Waals surface area contributed by atoms with E-state index in [-0.39, 0.29) is 23.7 Å². The van der Waals surface area contributed by atoms with Gasteiger partial charge in [0.15, 0.2) is 0 Å². The van der Waals surface area contributed by atoms with E-state index in [1.807, 2.05) is 0 Å². The largest absolute Gasteiger partial charge is 0.393 e. The van der Waals surface area contributed by atoms with E-state index >= 15 is 0 Å². The summed E-state index contributed by atoms with van der Waals surface area (Å²) in [5, 5.41) is 15.8. The number of rotatable bonds is 10. The minimum atomic E-state index is -2.93. The Labute approximate surface area is 178 Å². The third-order valence-electron chi connectivity index (χ3n) is 4.31. The van der Waals surface area contributed by atoms with Crippen molar-refractivity contribution in [3.63, 3.8) is 0 Å². The fraction of sp³-hybridized carbons (Fsp3) is 0.238. The minimum absolute atomic E-state index is 0.0425. The van der Waals surface area contributed by atoms with E-state index in [0.29, 0.717) is 28.9 Å². The van der Waals surface area contributed by atoms with E-state index in [1.54, 1.807) is 33.2 Å². The first-order valence-corrected chi connectivity index (χ1v) is 9.27. The topological polar surface area (TPSA) is 103 Å². The second-order valence-corrected chi connectivity index (χ2v) is 6.48. The van der Waals surface area contributed by atoms with Crippen molar-refractivity contribution in [1.82, 2.24) is 15.3 Å². The lowest BCUT2D eigenvalue weighted by Gasteiger charge is -2.15. The van der Waals surface area contributed by atoms with Gasteiger partial charge in [-0.2, -0.15) is 0 Å². The first-order valence-electron chi connectivity index (χ1n) is 9.27. The second kappa shape index (κ2) is 10.9. The van der Waals surface area contributed by atoms with E-state index in [0.717, 1.165) is 12.3 Å². The van der Waals surface area contributed by atoms with Crippen LogP contribution in [0.1, 0.15) is 35.9 Å². The Balaban J connectivity index is 2.50. The van der Waals surface area contributed by atoms with Gasteiger partial charge in [-0.05, 0) is 25.5 Å². The van der Waals surface area contributed by atoms with Crippen molar-refractivity contribution in [2.45, 2.75) is 26.8 Å². The van der Waals surface area contributed by atoms with Gasteiger partial charge in [-0.25, -0.2) is 23.1 Å². The number of carbonyl (C=O) groups excluding carboxylic acids is 1. The van der Waals surface area contributed by atoms with Crippen LogP contribution in [0.2, 0.25) is 0 Å². The lowest BCUT2D eigenvalue weighted by molar-refractivity contribution is -0.105. The highest BCUT2D eigenvalue weighted by atomic mass is 19.3. The summed E-state index contributed by atoms with van der Waals surface area (Å²) in [6.45, 7) is 3.25. The maximum Gasteiger partial charge on any atom is 0.266 e. The molecule has 1 aromatic carbocycles. The molecule has 0 saturated heterocycles. The molecule has 0 radical (unpaired) electrons. The van der Waals surface area contributed by atoms with Gasteiger partial charge in [-0.1, -0.05) is 18.2 Å². The van der Waals surface area contributed by atoms with Gasteiger partial charge in [0, 0.05) is 37.1 Å². The van der Waals surface area contributed by atoms with Crippen LogP contribution >= 0.6 is 0 Å². The lowest BCUT2D eigenvalue weighted by Crippen LogP contribution is -2.11. The standard InChI is InChI=1S/C21H23F3N6O/c1-12(15(8-25)9-26-3)7-17-20(29-13(2)30-21(17)28-11-31)27-10-14-5-4-6-16(18(14)22)19(23)24/h4-9,11,19,25-26H,10H2,1-3H3,(H2,27,28,29,30,31)/b12-7+,15-9+,25-8?. The van der Waals surface area contributed by atoms with Crippen molar-refractivity contribution in [2.75, 3.05) is 17.7 Å². The van der Waals surface area contributed by atoms with Crippen molar-refractivity contribution < 1.29 is 18.0 Å². The predicted octanol–water partition coefficient (Wildman–Crippen LogP) is 4.20. The number of nitrogens with one attached hydrogen (secondary N) is 4. The van der Waals surface area contributed by atoms with Crippen LogP contribution in [0.4, 0.5) is 24.8 Å². The second-order valence-electron chi connectivity index (χ2n) is 6.48. The normalized spacial score (nSPS) is 12.0. The molecular formula is C21H23F3N6O. The monoisotopic (exact) mass is 432 g/mol. The van der Waals surface area contributed by atoms with Crippen LogP contribution in [-0.4, -0.2) is 29.6 Å². The number of hydrogen-bond donors (Lipinski definition) is 4. The fourth-order valence-electron chi connectivity index (χ4n) is 2.83. The Kier molecular flexibility index (Phi) is 8.30. The Hall–Kier alpha value is -3.69. The number of aromatic nitrogens is 2. The van der Waals surface area contributed by atoms with Crippen molar-refractivity contribution >= 4 is 30.3 Å². The fourth-order valence-corrected chi connectivity index (χ4v) is 2.83. The molecule has 1 amide bonds. The smallest absolute Gasteiger partial charge is 0.266 e. The first kappa shape index (κ1) is 23.6. The number of hydrogen-bond acceptors (Lipinski definition) is 6. The summed E-state index contributed by atoms with van der Waals surface area (Å²) in [6.07, 6.45) is 1.98. The summed E-state index contributed by atoms with van der Waals surface area (Å²) in [5.41, 5.74) is 0.997. The van der Waals surface area contributed by atoms with Gasteiger partial charge in [0.25, 0.3) is 6.43 Å². The highest BCUT2D eigenvalue weighted by Gasteiger charge is 2.17. The van der Waals surface area contributed by atoms with Gasteiger partial charge in [-0.15, -0.1) is 0 Å². The number of anilines is 2.